The van der Waals surface area contributed by atoms with Gasteiger partial charge in [0.05, 0.1) is 13.2 Å². The van der Waals surface area contributed by atoms with Gasteiger partial charge in [-0.3, -0.25) is 0 Å². The van der Waals surface area contributed by atoms with E-state index in [4.69, 9.17) is 4.74 Å². The third-order valence-corrected chi connectivity index (χ3v) is 4.38. The van der Waals surface area contributed by atoms with E-state index in [1.165, 1.54) is 6.26 Å². The molecule has 1 saturated heterocycles. The first-order chi connectivity index (χ1) is 7.97. The first-order valence-corrected chi connectivity index (χ1v) is 7.81. The molecule has 1 fully saturated rings. The van der Waals surface area contributed by atoms with E-state index >= 15 is 0 Å². The zero-order valence-electron chi connectivity index (χ0n) is 10.3. The van der Waals surface area contributed by atoms with Crippen molar-refractivity contribution in [3.05, 3.63) is 22.8 Å². The molecular formula is C12H19NO3S. The maximum Gasteiger partial charge on any atom is 0.171 e. The summed E-state index contributed by atoms with van der Waals surface area (Å²) in [5.41, 5.74) is 1.03. The van der Waals surface area contributed by atoms with Crippen LogP contribution in [0.1, 0.15) is 13.3 Å². The van der Waals surface area contributed by atoms with Gasteiger partial charge in [0.2, 0.25) is 0 Å². The molecule has 0 spiro atoms. The van der Waals surface area contributed by atoms with Crippen LogP contribution in [-0.2, 0) is 14.6 Å². The normalized spacial score (nSPS) is 26.5. The average molecular weight is 257 g/mol. The van der Waals surface area contributed by atoms with Crippen molar-refractivity contribution in [1.29, 1.82) is 0 Å². The van der Waals surface area contributed by atoms with Crippen molar-refractivity contribution in [2.45, 2.75) is 13.3 Å². The molecule has 1 unspecified atom stereocenters. The van der Waals surface area contributed by atoms with E-state index in [1.54, 1.807) is 0 Å². The van der Waals surface area contributed by atoms with Gasteiger partial charge in [0, 0.05) is 29.9 Å². The maximum absolute atomic E-state index is 11.6. The van der Waals surface area contributed by atoms with Gasteiger partial charge in [-0.15, -0.1) is 0 Å². The minimum Gasteiger partial charge on any atom is -0.378 e. The van der Waals surface area contributed by atoms with Crippen LogP contribution in [0.5, 0.6) is 0 Å². The van der Waals surface area contributed by atoms with Crippen molar-refractivity contribution in [3.63, 3.8) is 0 Å². The quantitative estimate of drug-likeness (QED) is 0.745. The van der Waals surface area contributed by atoms with E-state index < -0.39 is 9.84 Å². The number of ether oxygens (including phenoxy) is 1. The zero-order chi connectivity index (χ0) is 12.5. The van der Waals surface area contributed by atoms with Gasteiger partial charge in [-0.05, 0) is 18.4 Å². The molecule has 17 heavy (non-hydrogen) atoms. The van der Waals surface area contributed by atoms with Crippen molar-refractivity contribution in [2.75, 3.05) is 32.6 Å². The van der Waals surface area contributed by atoms with Gasteiger partial charge >= 0.3 is 0 Å². The Morgan fingerprint density at radius 3 is 2.59 bits per heavy atom. The second-order valence-electron chi connectivity index (χ2n) is 4.76. The molecule has 0 saturated carbocycles. The lowest BCUT2D eigenvalue weighted by atomic mass is 10.0. The minimum absolute atomic E-state index is 0.280. The van der Waals surface area contributed by atoms with Crippen molar-refractivity contribution in [1.82, 2.24) is 4.90 Å². The number of nitrogens with zero attached hydrogens (tertiary/aromatic N) is 1. The third-order valence-electron chi connectivity index (χ3n) is 3.14. The fourth-order valence-corrected chi connectivity index (χ4v) is 3.12. The molecule has 1 aliphatic carbocycles. The Labute approximate surface area is 103 Å². The Balaban J connectivity index is 2.23. The molecule has 5 heteroatoms. The summed E-state index contributed by atoms with van der Waals surface area (Å²) in [7, 11) is -3.07. The standard InChI is InChI=1S/C12H19NO3S/c1-10-7-11(13-3-5-16-6-4-13)9-12(8-10)17(2,14)15/h7,9-10H,3-6,8H2,1-2H3. The van der Waals surface area contributed by atoms with Crippen molar-refractivity contribution >= 4 is 9.84 Å². The van der Waals surface area contributed by atoms with Gasteiger partial charge in [0.25, 0.3) is 0 Å². The molecule has 1 heterocycles. The molecule has 0 N–H and O–H groups in total. The molecular weight excluding hydrogens is 238 g/mol. The second-order valence-corrected chi connectivity index (χ2v) is 6.82. The predicted octanol–water partition coefficient (Wildman–Crippen LogP) is 1.17. The molecule has 2 aliphatic rings. The molecule has 1 atom stereocenters. The molecule has 0 aromatic carbocycles. The monoisotopic (exact) mass is 257 g/mol. The summed E-state index contributed by atoms with van der Waals surface area (Å²) in [5.74, 6) is 0.280. The average Bonchev–Trinajstić information content (AvgIpc) is 2.28. The molecule has 0 aromatic rings. The van der Waals surface area contributed by atoms with Gasteiger partial charge in [-0.2, -0.15) is 0 Å². The predicted molar refractivity (Wildman–Crippen MR) is 67.2 cm³/mol. The summed E-state index contributed by atoms with van der Waals surface area (Å²) in [6.45, 7) is 5.17. The number of hydrogen-bond acceptors (Lipinski definition) is 4. The molecule has 0 amide bonds. The van der Waals surface area contributed by atoms with E-state index in [-0.39, 0.29) is 5.92 Å². The summed E-state index contributed by atoms with van der Waals surface area (Å²) >= 11 is 0. The first-order valence-electron chi connectivity index (χ1n) is 5.92. The Bertz CT molecular complexity index is 444. The highest BCUT2D eigenvalue weighted by Crippen LogP contribution is 2.27. The van der Waals surface area contributed by atoms with Crippen LogP contribution in [-0.4, -0.2) is 45.9 Å². The van der Waals surface area contributed by atoms with Crippen LogP contribution in [0.2, 0.25) is 0 Å². The van der Waals surface area contributed by atoms with E-state index in [2.05, 4.69) is 17.9 Å². The Morgan fingerprint density at radius 2 is 2.00 bits per heavy atom. The van der Waals surface area contributed by atoms with Crippen molar-refractivity contribution in [2.24, 2.45) is 5.92 Å². The molecule has 2 rings (SSSR count). The van der Waals surface area contributed by atoms with Gasteiger partial charge in [-0.1, -0.05) is 13.0 Å². The summed E-state index contributed by atoms with van der Waals surface area (Å²) in [4.78, 5) is 2.75. The molecule has 0 aromatic heterocycles. The minimum atomic E-state index is -3.07. The lowest BCUT2D eigenvalue weighted by Gasteiger charge is -2.32. The summed E-state index contributed by atoms with van der Waals surface area (Å²) in [6, 6.07) is 0. The fraction of sp³-hybridized carbons (Fsp3) is 0.667. The van der Waals surface area contributed by atoms with E-state index in [0.717, 1.165) is 18.8 Å². The summed E-state index contributed by atoms with van der Waals surface area (Å²) in [5, 5.41) is 0. The fourth-order valence-electron chi connectivity index (χ4n) is 2.22. The van der Waals surface area contributed by atoms with Crippen LogP contribution in [0.15, 0.2) is 22.8 Å². The highest BCUT2D eigenvalue weighted by molar-refractivity contribution is 7.94. The number of rotatable bonds is 2. The van der Waals surface area contributed by atoms with Crippen LogP contribution < -0.4 is 0 Å². The smallest absolute Gasteiger partial charge is 0.171 e. The second kappa shape index (κ2) is 4.82. The Hall–Kier alpha value is -0.810. The highest BCUT2D eigenvalue weighted by atomic mass is 32.2. The summed E-state index contributed by atoms with van der Waals surface area (Å²) < 4.78 is 28.5. The number of allylic oxidation sites excluding steroid dienone is 3. The van der Waals surface area contributed by atoms with Crippen LogP contribution in [0.4, 0.5) is 0 Å². The van der Waals surface area contributed by atoms with Crippen LogP contribution in [0.3, 0.4) is 0 Å². The van der Waals surface area contributed by atoms with E-state index in [0.29, 0.717) is 24.5 Å². The third kappa shape index (κ3) is 3.10. The van der Waals surface area contributed by atoms with Crippen molar-refractivity contribution in [3.8, 4) is 0 Å². The Morgan fingerprint density at radius 1 is 1.35 bits per heavy atom. The molecule has 1 aliphatic heterocycles. The molecule has 96 valence electrons. The topological polar surface area (TPSA) is 46.6 Å². The first kappa shape index (κ1) is 12.6. The highest BCUT2D eigenvalue weighted by Gasteiger charge is 2.22. The molecule has 0 radical (unpaired) electrons. The van der Waals surface area contributed by atoms with E-state index in [9.17, 15) is 8.42 Å². The van der Waals surface area contributed by atoms with Gasteiger partial charge in [-0.25, -0.2) is 8.42 Å². The van der Waals surface area contributed by atoms with Gasteiger partial charge < -0.3 is 9.64 Å². The lowest BCUT2D eigenvalue weighted by Crippen LogP contribution is -2.36. The maximum atomic E-state index is 11.6. The van der Waals surface area contributed by atoms with Crippen LogP contribution in [0, 0.1) is 5.92 Å². The summed E-state index contributed by atoms with van der Waals surface area (Å²) in [6.07, 6.45) is 5.88. The SMILES string of the molecule is CC1C=C(N2CCOCC2)C=C(S(C)(=O)=O)C1. The van der Waals surface area contributed by atoms with Crippen molar-refractivity contribution < 1.29 is 13.2 Å². The largest absolute Gasteiger partial charge is 0.378 e. The van der Waals surface area contributed by atoms with Gasteiger partial charge in [0.1, 0.15) is 0 Å². The number of sulfone groups is 1. The number of hydrogen-bond donors (Lipinski definition) is 0. The van der Waals surface area contributed by atoms with E-state index in [1.807, 2.05) is 6.08 Å². The number of morpholine rings is 1. The Kier molecular flexibility index (Phi) is 3.58. The van der Waals surface area contributed by atoms with Gasteiger partial charge in [0.15, 0.2) is 9.84 Å². The van der Waals surface area contributed by atoms with Crippen LogP contribution >= 0.6 is 0 Å². The zero-order valence-corrected chi connectivity index (χ0v) is 11.2. The lowest BCUT2D eigenvalue weighted by molar-refractivity contribution is 0.0549. The molecule has 4 nitrogen and oxygen atoms in total. The molecule has 0 bridgehead atoms. The van der Waals surface area contributed by atoms with Crippen LogP contribution in [0.25, 0.3) is 0 Å².